The standard InChI is InChI=1S/C19H22N2S2/c22-14-20-11-9-16-5-1-3-7-18(16)13-19-8-4-2-6-17(19)10-12-21-15-23/h1-8,14-15H,9-13H2,(H,20,22)(H,21,23). The van der Waals surface area contributed by atoms with E-state index in [1.165, 1.54) is 22.3 Å². The zero-order valence-electron chi connectivity index (χ0n) is 13.1. The van der Waals surface area contributed by atoms with Gasteiger partial charge in [0.1, 0.15) is 0 Å². The normalized spacial score (nSPS) is 10.1. The van der Waals surface area contributed by atoms with Gasteiger partial charge in [-0.1, -0.05) is 73.0 Å². The largest absolute Gasteiger partial charge is 0.382 e. The van der Waals surface area contributed by atoms with Gasteiger partial charge < -0.3 is 10.6 Å². The first-order chi connectivity index (χ1) is 11.3. The Hall–Kier alpha value is -1.78. The topological polar surface area (TPSA) is 24.1 Å². The van der Waals surface area contributed by atoms with Gasteiger partial charge in [-0.15, -0.1) is 0 Å². The van der Waals surface area contributed by atoms with Crippen LogP contribution in [0.2, 0.25) is 0 Å². The van der Waals surface area contributed by atoms with Crippen LogP contribution < -0.4 is 10.6 Å². The molecule has 120 valence electrons. The summed E-state index contributed by atoms with van der Waals surface area (Å²) in [6.07, 6.45) is 2.93. The summed E-state index contributed by atoms with van der Waals surface area (Å²) in [5, 5.41) is 6.20. The van der Waals surface area contributed by atoms with E-state index in [9.17, 15) is 0 Å². The molecular formula is C19H22N2S2. The molecule has 2 nitrogen and oxygen atoms in total. The van der Waals surface area contributed by atoms with Crippen LogP contribution in [0.15, 0.2) is 48.5 Å². The van der Waals surface area contributed by atoms with Crippen molar-refractivity contribution in [2.45, 2.75) is 19.3 Å². The number of rotatable bonds is 10. The summed E-state index contributed by atoms with van der Waals surface area (Å²) in [4.78, 5) is 0. The maximum absolute atomic E-state index is 4.82. The van der Waals surface area contributed by atoms with Crippen LogP contribution >= 0.6 is 24.4 Å². The minimum atomic E-state index is 0.876. The molecular weight excluding hydrogens is 320 g/mol. The van der Waals surface area contributed by atoms with Gasteiger partial charge in [0.05, 0.1) is 11.0 Å². The fourth-order valence-corrected chi connectivity index (χ4v) is 2.92. The third-order valence-electron chi connectivity index (χ3n) is 3.86. The van der Waals surface area contributed by atoms with E-state index >= 15 is 0 Å². The Morgan fingerprint density at radius 3 is 1.43 bits per heavy atom. The molecule has 0 unspecified atom stereocenters. The molecule has 0 aliphatic heterocycles. The Morgan fingerprint density at radius 2 is 1.04 bits per heavy atom. The average molecular weight is 343 g/mol. The van der Waals surface area contributed by atoms with Crippen LogP contribution in [-0.4, -0.2) is 24.1 Å². The lowest BCUT2D eigenvalue weighted by Crippen LogP contribution is -2.15. The molecule has 0 atom stereocenters. The number of hydrogen-bond donors (Lipinski definition) is 2. The zero-order valence-corrected chi connectivity index (χ0v) is 14.8. The van der Waals surface area contributed by atoms with Crippen LogP contribution in [0.5, 0.6) is 0 Å². The molecule has 0 saturated heterocycles. The van der Waals surface area contributed by atoms with Gasteiger partial charge in [0.15, 0.2) is 0 Å². The molecule has 2 aromatic carbocycles. The Morgan fingerprint density at radius 1 is 0.652 bits per heavy atom. The third-order valence-corrected chi connectivity index (χ3v) is 4.20. The quantitative estimate of drug-likeness (QED) is 0.510. The van der Waals surface area contributed by atoms with Crippen LogP contribution in [-0.2, 0) is 19.3 Å². The summed E-state index contributed by atoms with van der Waals surface area (Å²) >= 11 is 9.64. The van der Waals surface area contributed by atoms with Gasteiger partial charge >= 0.3 is 0 Å². The molecule has 0 fully saturated rings. The first-order valence-corrected chi connectivity index (χ1v) is 8.77. The molecule has 4 heteroatoms. The maximum Gasteiger partial charge on any atom is 0.0614 e. The molecule has 0 bridgehead atoms. The van der Waals surface area contributed by atoms with Crippen molar-refractivity contribution < 1.29 is 0 Å². The molecule has 0 heterocycles. The second kappa shape index (κ2) is 10.1. The lowest BCUT2D eigenvalue weighted by molar-refractivity contribution is 0.862. The number of benzene rings is 2. The smallest absolute Gasteiger partial charge is 0.0614 e. The van der Waals surface area contributed by atoms with Crippen molar-refractivity contribution in [1.82, 2.24) is 10.6 Å². The predicted molar refractivity (Wildman–Crippen MR) is 106 cm³/mol. The van der Waals surface area contributed by atoms with Gasteiger partial charge in [-0.3, -0.25) is 0 Å². The van der Waals surface area contributed by atoms with E-state index in [0.29, 0.717) is 0 Å². The highest BCUT2D eigenvalue weighted by Gasteiger charge is 2.06. The summed E-state index contributed by atoms with van der Waals surface area (Å²) < 4.78 is 0. The molecule has 2 rings (SSSR count). The van der Waals surface area contributed by atoms with Gasteiger partial charge in [0.25, 0.3) is 0 Å². The van der Waals surface area contributed by atoms with Crippen molar-refractivity contribution >= 4 is 35.4 Å². The van der Waals surface area contributed by atoms with Crippen LogP contribution in [0, 0.1) is 0 Å². The summed E-state index contributed by atoms with van der Waals surface area (Å²) in [7, 11) is 0. The highest BCUT2D eigenvalue weighted by atomic mass is 32.1. The van der Waals surface area contributed by atoms with Crippen molar-refractivity contribution in [3.05, 3.63) is 70.8 Å². The molecule has 2 aromatic rings. The fourth-order valence-electron chi connectivity index (χ4n) is 2.68. The van der Waals surface area contributed by atoms with E-state index in [1.54, 1.807) is 11.0 Å². The van der Waals surface area contributed by atoms with Gasteiger partial charge in [0, 0.05) is 13.1 Å². The number of hydrogen-bond acceptors (Lipinski definition) is 2. The van der Waals surface area contributed by atoms with Crippen LogP contribution in [0.3, 0.4) is 0 Å². The number of thiocarbonyl (C=S) groups is 2. The second-order valence-corrected chi connectivity index (χ2v) is 5.83. The Bertz CT molecular complexity index is 585. The van der Waals surface area contributed by atoms with E-state index < -0.39 is 0 Å². The molecule has 0 aliphatic carbocycles. The van der Waals surface area contributed by atoms with Crippen molar-refractivity contribution in [2.75, 3.05) is 13.1 Å². The summed E-state index contributed by atoms with van der Waals surface area (Å²) in [6, 6.07) is 17.3. The highest BCUT2D eigenvalue weighted by molar-refractivity contribution is 7.79. The molecule has 0 radical (unpaired) electrons. The molecule has 0 amide bonds. The maximum atomic E-state index is 4.82. The molecule has 23 heavy (non-hydrogen) atoms. The minimum Gasteiger partial charge on any atom is -0.382 e. The van der Waals surface area contributed by atoms with Crippen molar-refractivity contribution in [2.24, 2.45) is 0 Å². The summed E-state index contributed by atoms with van der Waals surface area (Å²) in [5.74, 6) is 0. The first-order valence-electron chi connectivity index (χ1n) is 7.82. The molecule has 0 aromatic heterocycles. The monoisotopic (exact) mass is 342 g/mol. The zero-order chi connectivity index (χ0) is 16.3. The van der Waals surface area contributed by atoms with Crippen molar-refractivity contribution in [3.63, 3.8) is 0 Å². The van der Waals surface area contributed by atoms with Crippen LogP contribution in [0.25, 0.3) is 0 Å². The summed E-state index contributed by atoms with van der Waals surface area (Å²) in [6.45, 7) is 1.75. The van der Waals surface area contributed by atoms with E-state index in [4.69, 9.17) is 24.4 Å². The summed E-state index contributed by atoms with van der Waals surface area (Å²) in [5.41, 5.74) is 8.69. The molecule has 0 saturated carbocycles. The Balaban J connectivity index is 2.12. The van der Waals surface area contributed by atoms with Crippen molar-refractivity contribution in [1.29, 1.82) is 0 Å². The van der Waals surface area contributed by atoms with Gasteiger partial charge in [-0.25, -0.2) is 0 Å². The van der Waals surface area contributed by atoms with Gasteiger partial charge in [0.2, 0.25) is 0 Å². The minimum absolute atomic E-state index is 0.876. The van der Waals surface area contributed by atoms with E-state index in [-0.39, 0.29) is 0 Å². The lowest BCUT2D eigenvalue weighted by atomic mass is 9.94. The first kappa shape index (κ1) is 17.6. The average Bonchev–Trinajstić information content (AvgIpc) is 2.58. The van der Waals surface area contributed by atoms with E-state index in [1.807, 2.05) is 0 Å². The van der Waals surface area contributed by atoms with E-state index in [2.05, 4.69) is 59.2 Å². The van der Waals surface area contributed by atoms with Crippen LogP contribution in [0.4, 0.5) is 0 Å². The van der Waals surface area contributed by atoms with E-state index in [0.717, 1.165) is 32.4 Å². The van der Waals surface area contributed by atoms with Gasteiger partial charge in [-0.05, 0) is 41.5 Å². The highest BCUT2D eigenvalue weighted by Crippen LogP contribution is 2.18. The number of nitrogens with one attached hydrogen (secondary N) is 2. The Labute approximate surface area is 149 Å². The van der Waals surface area contributed by atoms with Gasteiger partial charge in [-0.2, -0.15) is 0 Å². The fraction of sp³-hybridized carbons (Fsp3) is 0.263. The molecule has 0 spiro atoms. The van der Waals surface area contributed by atoms with Crippen molar-refractivity contribution in [3.8, 4) is 0 Å². The van der Waals surface area contributed by atoms with Crippen LogP contribution in [0.1, 0.15) is 22.3 Å². The lowest BCUT2D eigenvalue weighted by Gasteiger charge is -2.13. The SMILES string of the molecule is S=CNCCc1ccccc1Cc1ccccc1CCNC=S. The second-order valence-electron chi connectivity index (χ2n) is 5.36. The third kappa shape index (κ3) is 5.73. The molecule has 0 aliphatic rings. The molecule has 2 N–H and O–H groups in total. The Kier molecular flexibility index (Phi) is 7.70. The predicted octanol–water partition coefficient (Wildman–Crippen LogP) is 3.46.